The van der Waals surface area contributed by atoms with Crippen LogP contribution >= 0.6 is 11.6 Å². The molecule has 102 valence electrons. The summed E-state index contributed by atoms with van der Waals surface area (Å²) < 4.78 is 0. The van der Waals surface area contributed by atoms with Crippen molar-refractivity contribution in [2.24, 2.45) is 5.92 Å². The minimum absolute atomic E-state index is 0.113. The number of carboxylic acid groups (broad SMARTS) is 1. The lowest BCUT2D eigenvalue weighted by Gasteiger charge is -2.29. The molecule has 2 aliphatic rings. The van der Waals surface area contributed by atoms with Gasteiger partial charge in [-0.15, -0.1) is 11.6 Å². The van der Waals surface area contributed by atoms with Gasteiger partial charge in [0.2, 0.25) is 5.91 Å². The zero-order chi connectivity index (χ0) is 13.1. The maximum absolute atomic E-state index is 11.8. The maximum atomic E-state index is 11.8. The molecule has 1 aliphatic carbocycles. The summed E-state index contributed by atoms with van der Waals surface area (Å²) in [5.74, 6) is -0.556. The number of hydrogen-bond acceptors (Lipinski definition) is 2. The van der Waals surface area contributed by atoms with Gasteiger partial charge in [-0.1, -0.05) is 32.1 Å². The first-order valence-electron chi connectivity index (χ1n) is 6.74. The van der Waals surface area contributed by atoms with Crippen LogP contribution in [0.5, 0.6) is 0 Å². The molecule has 0 radical (unpaired) electrons. The lowest BCUT2D eigenvalue weighted by Crippen LogP contribution is -2.43. The molecular formula is C13H20ClNO3. The standard InChI is InChI=1S/C13H20ClNO3/c14-10-7-12(16)15(8-10)11(13(17)18)6-9-4-2-1-3-5-9/h9-11H,1-8H2,(H,17,18)/t10?,11-/m0/s1. The summed E-state index contributed by atoms with van der Waals surface area (Å²) in [6.45, 7) is 0.379. The van der Waals surface area contributed by atoms with E-state index in [0.717, 1.165) is 12.8 Å². The average molecular weight is 274 g/mol. The van der Waals surface area contributed by atoms with Crippen LogP contribution in [0.3, 0.4) is 0 Å². The minimum atomic E-state index is -0.889. The van der Waals surface area contributed by atoms with Crippen LogP contribution in [0, 0.1) is 5.92 Å². The summed E-state index contributed by atoms with van der Waals surface area (Å²) in [6.07, 6.45) is 6.67. The molecule has 1 saturated carbocycles. The number of amides is 1. The lowest BCUT2D eigenvalue weighted by molar-refractivity contribution is -0.149. The van der Waals surface area contributed by atoms with Crippen LogP contribution in [0.15, 0.2) is 0 Å². The smallest absolute Gasteiger partial charge is 0.326 e. The molecule has 2 rings (SSSR count). The number of carboxylic acids is 1. The van der Waals surface area contributed by atoms with E-state index in [9.17, 15) is 14.7 Å². The third kappa shape index (κ3) is 3.16. The number of halogens is 1. The van der Waals surface area contributed by atoms with Gasteiger partial charge in [0.05, 0.1) is 5.38 Å². The second kappa shape index (κ2) is 5.91. The van der Waals surface area contributed by atoms with Crippen LogP contribution in [0.4, 0.5) is 0 Å². The van der Waals surface area contributed by atoms with E-state index in [0.29, 0.717) is 18.9 Å². The van der Waals surface area contributed by atoms with E-state index in [1.165, 1.54) is 24.2 Å². The molecular weight excluding hydrogens is 254 g/mol. The van der Waals surface area contributed by atoms with Crippen molar-refractivity contribution < 1.29 is 14.7 Å². The van der Waals surface area contributed by atoms with Crippen LogP contribution in [0.2, 0.25) is 0 Å². The topological polar surface area (TPSA) is 57.6 Å². The van der Waals surface area contributed by atoms with E-state index in [1.54, 1.807) is 0 Å². The monoisotopic (exact) mass is 273 g/mol. The zero-order valence-electron chi connectivity index (χ0n) is 10.5. The third-order valence-corrected chi connectivity index (χ3v) is 4.35. The molecule has 1 aliphatic heterocycles. The van der Waals surface area contributed by atoms with Crippen molar-refractivity contribution in [1.29, 1.82) is 0 Å². The van der Waals surface area contributed by atoms with E-state index in [4.69, 9.17) is 11.6 Å². The Morgan fingerprint density at radius 3 is 2.56 bits per heavy atom. The van der Waals surface area contributed by atoms with Crippen LogP contribution in [-0.2, 0) is 9.59 Å². The van der Waals surface area contributed by atoms with Crippen LogP contribution in [-0.4, -0.2) is 39.8 Å². The number of nitrogens with zero attached hydrogens (tertiary/aromatic N) is 1. The molecule has 1 amide bonds. The summed E-state index contributed by atoms with van der Waals surface area (Å²) >= 11 is 5.94. The Morgan fingerprint density at radius 2 is 2.06 bits per heavy atom. The van der Waals surface area contributed by atoms with Crippen LogP contribution in [0.1, 0.15) is 44.9 Å². The van der Waals surface area contributed by atoms with Gasteiger partial charge < -0.3 is 10.0 Å². The van der Waals surface area contributed by atoms with Crippen molar-refractivity contribution in [2.75, 3.05) is 6.54 Å². The molecule has 2 fully saturated rings. The zero-order valence-corrected chi connectivity index (χ0v) is 11.2. The fourth-order valence-electron chi connectivity index (χ4n) is 3.09. The molecule has 0 aromatic heterocycles. The Morgan fingerprint density at radius 1 is 1.39 bits per heavy atom. The number of carbonyl (C=O) groups is 2. The highest BCUT2D eigenvalue weighted by molar-refractivity contribution is 6.22. The molecule has 4 nitrogen and oxygen atoms in total. The van der Waals surface area contributed by atoms with Crippen molar-refractivity contribution in [3.63, 3.8) is 0 Å². The third-order valence-electron chi connectivity index (χ3n) is 4.05. The summed E-state index contributed by atoms with van der Waals surface area (Å²) in [6, 6.07) is -0.677. The quantitative estimate of drug-likeness (QED) is 0.800. The van der Waals surface area contributed by atoms with E-state index in [1.807, 2.05) is 0 Å². The van der Waals surface area contributed by atoms with Gasteiger partial charge in [-0.25, -0.2) is 4.79 Å². The molecule has 1 saturated heterocycles. The van der Waals surface area contributed by atoms with E-state index in [-0.39, 0.29) is 17.7 Å². The van der Waals surface area contributed by atoms with E-state index >= 15 is 0 Å². The highest BCUT2D eigenvalue weighted by atomic mass is 35.5. The van der Waals surface area contributed by atoms with Gasteiger partial charge in [0.1, 0.15) is 6.04 Å². The number of carbonyl (C=O) groups excluding carboxylic acids is 1. The lowest BCUT2D eigenvalue weighted by atomic mass is 9.84. The number of likely N-dealkylation sites (tertiary alicyclic amines) is 1. The van der Waals surface area contributed by atoms with Crippen molar-refractivity contribution in [2.45, 2.75) is 56.4 Å². The van der Waals surface area contributed by atoms with Gasteiger partial charge in [0, 0.05) is 13.0 Å². The molecule has 1 heterocycles. The van der Waals surface area contributed by atoms with E-state index < -0.39 is 12.0 Å². The van der Waals surface area contributed by atoms with Crippen LogP contribution < -0.4 is 0 Å². The van der Waals surface area contributed by atoms with Crippen molar-refractivity contribution in [1.82, 2.24) is 4.90 Å². The summed E-state index contributed by atoms with van der Waals surface area (Å²) in [5, 5.41) is 9.10. The highest BCUT2D eigenvalue weighted by Gasteiger charge is 2.38. The Balaban J connectivity index is 1.99. The molecule has 0 aromatic rings. The Bertz CT molecular complexity index is 328. The first-order valence-corrected chi connectivity index (χ1v) is 7.18. The molecule has 1 N–H and O–H groups in total. The Labute approximate surface area is 112 Å². The normalized spacial score (nSPS) is 27.5. The number of hydrogen-bond donors (Lipinski definition) is 1. The molecule has 18 heavy (non-hydrogen) atoms. The van der Waals surface area contributed by atoms with Crippen LogP contribution in [0.25, 0.3) is 0 Å². The summed E-state index contributed by atoms with van der Waals surface area (Å²) in [4.78, 5) is 24.6. The van der Waals surface area contributed by atoms with Gasteiger partial charge >= 0.3 is 5.97 Å². The SMILES string of the molecule is O=C(O)[C@H](CC1CCCCC1)N1CC(Cl)CC1=O. The van der Waals surface area contributed by atoms with Gasteiger partial charge in [0.15, 0.2) is 0 Å². The number of rotatable bonds is 4. The van der Waals surface area contributed by atoms with Crippen molar-refractivity contribution in [3.05, 3.63) is 0 Å². The summed E-state index contributed by atoms with van der Waals surface area (Å²) in [5.41, 5.74) is 0. The van der Waals surface area contributed by atoms with Gasteiger partial charge in [-0.05, 0) is 12.3 Å². The molecule has 0 aromatic carbocycles. The minimum Gasteiger partial charge on any atom is -0.480 e. The largest absolute Gasteiger partial charge is 0.480 e. The van der Waals surface area contributed by atoms with E-state index in [2.05, 4.69) is 0 Å². The molecule has 5 heteroatoms. The summed E-state index contributed by atoms with van der Waals surface area (Å²) in [7, 11) is 0. The average Bonchev–Trinajstić information content (AvgIpc) is 2.66. The molecule has 2 atom stereocenters. The van der Waals surface area contributed by atoms with Gasteiger partial charge in [-0.3, -0.25) is 4.79 Å². The maximum Gasteiger partial charge on any atom is 0.326 e. The Kier molecular flexibility index (Phi) is 4.49. The number of aliphatic carboxylic acids is 1. The predicted octanol–water partition coefficient (Wildman–Crippen LogP) is 2.25. The predicted molar refractivity (Wildman–Crippen MR) is 68.6 cm³/mol. The van der Waals surface area contributed by atoms with Gasteiger partial charge in [-0.2, -0.15) is 0 Å². The number of alkyl halides is 1. The van der Waals surface area contributed by atoms with Crippen molar-refractivity contribution in [3.8, 4) is 0 Å². The first-order chi connectivity index (χ1) is 8.58. The molecule has 1 unspecified atom stereocenters. The highest BCUT2D eigenvalue weighted by Crippen LogP contribution is 2.30. The molecule has 0 bridgehead atoms. The fraction of sp³-hybridized carbons (Fsp3) is 0.846. The second-order valence-corrected chi connectivity index (χ2v) is 6.06. The second-order valence-electron chi connectivity index (χ2n) is 5.44. The Hall–Kier alpha value is -0.770. The molecule has 0 spiro atoms. The first kappa shape index (κ1) is 13.7. The fourth-order valence-corrected chi connectivity index (χ4v) is 3.37. The van der Waals surface area contributed by atoms with Gasteiger partial charge in [0.25, 0.3) is 0 Å². The van der Waals surface area contributed by atoms with Crippen molar-refractivity contribution >= 4 is 23.5 Å².